The molecular weight excluding hydrogens is 220 g/mol. The molecule has 0 amide bonds. The molecule has 0 N–H and O–H groups in total. The van der Waals surface area contributed by atoms with Gasteiger partial charge in [0.1, 0.15) is 5.60 Å². The van der Waals surface area contributed by atoms with Gasteiger partial charge in [-0.05, 0) is 40.0 Å². The highest BCUT2D eigenvalue weighted by atomic mass is 16.6. The minimum Gasteiger partial charge on any atom is -0.465 e. The van der Waals surface area contributed by atoms with Crippen LogP contribution in [0.25, 0.3) is 0 Å². The van der Waals surface area contributed by atoms with Gasteiger partial charge in [-0.1, -0.05) is 6.08 Å². The van der Waals surface area contributed by atoms with Crippen LogP contribution in [0.1, 0.15) is 40.0 Å². The van der Waals surface area contributed by atoms with Gasteiger partial charge in [-0.25, -0.2) is 0 Å². The summed E-state index contributed by atoms with van der Waals surface area (Å²) < 4.78 is 10.3. The molecule has 0 unspecified atom stereocenters. The molecule has 1 aliphatic rings. The highest BCUT2D eigenvalue weighted by Crippen LogP contribution is 2.36. The molecule has 0 aromatic carbocycles. The van der Waals surface area contributed by atoms with Crippen LogP contribution in [0.5, 0.6) is 0 Å². The number of esters is 2. The van der Waals surface area contributed by atoms with Crippen LogP contribution >= 0.6 is 0 Å². The molecule has 1 saturated heterocycles. The molecule has 0 spiro atoms. The normalized spacial score (nSPS) is 25.0. The molecule has 1 aliphatic heterocycles. The van der Waals surface area contributed by atoms with Crippen molar-refractivity contribution in [3.63, 3.8) is 0 Å². The van der Waals surface area contributed by atoms with E-state index in [1.54, 1.807) is 26.8 Å². The van der Waals surface area contributed by atoms with Crippen LogP contribution in [0.4, 0.5) is 0 Å². The van der Waals surface area contributed by atoms with Crippen molar-refractivity contribution in [3.8, 4) is 0 Å². The van der Waals surface area contributed by atoms with Crippen LogP contribution in [0.3, 0.4) is 0 Å². The molecule has 4 heteroatoms. The Bertz CT molecular complexity index is 327. The summed E-state index contributed by atoms with van der Waals surface area (Å²) in [5.41, 5.74) is -1.80. The molecule has 0 saturated carbocycles. The van der Waals surface area contributed by atoms with Crippen molar-refractivity contribution >= 4 is 11.9 Å². The molecule has 0 aromatic rings. The van der Waals surface area contributed by atoms with Gasteiger partial charge >= 0.3 is 11.9 Å². The first-order chi connectivity index (χ1) is 7.82. The maximum Gasteiger partial charge on any atom is 0.324 e. The van der Waals surface area contributed by atoms with Gasteiger partial charge < -0.3 is 9.47 Å². The maximum absolute atomic E-state index is 12.2. The topological polar surface area (TPSA) is 52.6 Å². The molecule has 0 bridgehead atoms. The van der Waals surface area contributed by atoms with Gasteiger partial charge in [0.2, 0.25) is 0 Å². The second kappa shape index (κ2) is 4.90. The smallest absolute Gasteiger partial charge is 0.324 e. The van der Waals surface area contributed by atoms with E-state index >= 15 is 0 Å². The number of allylic oxidation sites excluding steroid dienone is 1. The summed E-state index contributed by atoms with van der Waals surface area (Å²) >= 11 is 0. The predicted molar refractivity (Wildman–Crippen MR) is 63.3 cm³/mol. The average Bonchev–Trinajstić information content (AvgIpc) is 2.19. The first kappa shape index (κ1) is 13.7. The van der Waals surface area contributed by atoms with Crippen molar-refractivity contribution < 1.29 is 19.1 Å². The molecule has 0 radical (unpaired) electrons. The Hall–Kier alpha value is -1.32. The van der Waals surface area contributed by atoms with Crippen LogP contribution in [0, 0.1) is 5.41 Å². The maximum atomic E-state index is 12.2. The third kappa shape index (κ3) is 3.08. The Labute approximate surface area is 102 Å². The van der Waals surface area contributed by atoms with Gasteiger partial charge in [-0.2, -0.15) is 0 Å². The molecule has 96 valence electrons. The minimum atomic E-state index is -1.19. The van der Waals surface area contributed by atoms with Crippen molar-refractivity contribution in [1.29, 1.82) is 0 Å². The Morgan fingerprint density at radius 1 is 1.59 bits per heavy atom. The number of hydrogen-bond donors (Lipinski definition) is 0. The van der Waals surface area contributed by atoms with Gasteiger partial charge in [0.25, 0.3) is 0 Å². The van der Waals surface area contributed by atoms with Crippen LogP contribution in [0.2, 0.25) is 0 Å². The summed E-state index contributed by atoms with van der Waals surface area (Å²) in [7, 11) is 0. The number of rotatable bonds is 3. The van der Waals surface area contributed by atoms with Crippen molar-refractivity contribution in [2.24, 2.45) is 5.41 Å². The third-order valence-corrected chi connectivity index (χ3v) is 2.65. The monoisotopic (exact) mass is 240 g/mol. The quantitative estimate of drug-likeness (QED) is 0.431. The second-order valence-electron chi connectivity index (χ2n) is 5.32. The molecule has 0 aliphatic carbocycles. The van der Waals surface area contributed by atoms with Crippen molar-refractivity contribution in [2.45, 2.75) is 45.6 Å². The van der Waals surface area contributed by atoms with E-state index in [0.717, 1.165) is 0 Å². The Morgan fingerprint density at radius 3 is 2.71 bits per heavy atom. The number of carbonyl (C=O) groups is 2. The molecule has 17 heavy (non-hydrogen) atoms. The standard InChI is InChI=1S/C13H20O4/c1-5-7-13(8-6-9-16-10(13)14)11(15)17-12(2,3)4/h5H,1,6-9H2,2-4H3/t13-/m1/s1. The van der Waals surface area contributed by atoms with Crippen molar-refractivity contribution in [3.05, 3.63) is 12.7 Å². The molecule has 1 heterocycles. The first-order valence-corrected chi connectivity index (χ1v) is 5.83. The van der Waals surface area contributed by atoms with E-state index < -0.39 is 23.0 Å². The predicted octanol–water partition coefficient (Wildman–Crippen LogP) is 2.23. The Morgan fingerprint density at radius 2 is 2.24 bits per heavy atom. The number of ether oxygens (including phenoxy) is 2. The third-order valence-electron chi connectivity index (χ3n) is 2.65. The number of hydrogen-bond acceptors (Lipinski definition) is 4. The zero-order chi connectivity index (χ0) is 13.1. The van der Waals surface area contributed by atoms with E-state index in [0.29, 0.717) is 19.4 Å². The van der Waals surface area contributed by atoms with Crippen LogP contribution in [0.15, 0.2) is 12.7 Å². The van der Waals surface area contributed by atoms with Crippen LogP contribution < -0.4 is 0 Å². The molecule has 0 aromatic heterocycles. The van der Waals surface area contributed by atoms with Gasteiger partial charge in [-0.15, -0.1) is 6.58 Å². The van der Waals surface area contributed by atoms with Gasteiger partial charge in [0.15, 0.2) is 5.41 Å². The van der Waals surface area contributed by atoms with Crippen LogP contribution in [-0.2, 0) is 19.1 Å². The molecule has 1 atom stereocenters. The molecular formula is C13H20O4. The minimum absolute atomic E-state index is 0.265. The highest BCUT2D eigenvalue weighted by molar-refractivity contribution is 6.00. The Kier molecular flexibility index (Phi) is 3.96. The van der Waals surface area contributed by atoms with Crippen LogP contribution in [-0.4, -0.2) is 24.1 Å². The fourth-order valence-corrected chi connectivity index (χ4v) is 1.86. The van der Waals surface area contributed by atoms with E-state index in [4.69, 9.17) is 9.47 Å². The van der Waals surface area contributed by atoms with Gasteiger partial charge in [-0.3, -0.25) is 9.59 Å². The average molecular weight is 240 g/mol. The summed E-state index contributed by atoms with van der Waals surface area (Å²) in [6, 6.07) is 0. The fourth-order valence-electron chi connectivity index (χ4n) is 1.86. The summed E-state index contributed by atoms with van der Waals surface area (Å²) in [5, 5.41) is 0. The lowest BCUT2D eigenvalue weighted by molar-refractivity contribution is -0.184. The van der Waals surface area contributed by atoms with E-state index in [1.807, 2.05) is 0 Å². The van der Waals surface area contributed by atoms with E-state index in [2.05, 4.69) is 6.58 Å². The summed E-state index contributed by atoms with van der Waals surface area (Å²) in [4.78, 5) is 24.0. The lowest BCUT2D eigenvalue weighted by atomic mass is 9.78. The van der Waals surface area contributed by atoms with Gasteiger partial charge in [0.05, 0.1) is 6.61 Å². The lowest BCUT2D eigenvalue weighted by Crippen LogP contribution is -2.46. The number of carbonyl (C=O) groups excluding carboxylic acids is 2. The lowest BCUT2D eigenvalue weighted by Gasteiger charge is -2.34. The first-order valence-electron chi connectivity index (χ1n) is 5.83. The second-order valence-corrected chi connectivity index (χ2v) is 5.32. The Balaban J connectivity index is 2.94. The summed E-state index contributed by atoms with van der Waals surface area (Å²) in [6.07, 6.45) is 2.98. The van der Waals surface area contributed by atoms with Crippen molar-refractivity contribution in [2.75, 3.05) is 6.61 Å². The fraction of sp³-hybridized carbons (Fsp3) is 0.692. The molecule has 4 nitrogen and oxygen atoms in total. The van der Waals surface area contributed by atoms with E-state index in [9.17, 15) is 9.59 Å². The zero-order valence-corrected chi connectivity index (χ0v) is 10.7. The van der Waals surface area contributed by atoms with Crippen molar-refractivity contribution in [1.82, 2.24) is 0 Å². The van der Waals surface area contributed by atoms with E-state index in [-0.39, 0.29) is 6.42 Å². The van der Waals surface area contributed by atoms with E-state index in [1.165, 1.54) is 0 Å². The SMILES string of the molecule is C=CC[C@@]1(C(=O)OC(C)(C)C)CCCOC1=O. The zero-order valence-electron chi connectivity index (χ0n) is 10.7. The summed E-state index contributed by atoms with van der Waals surface area (Å²) in [6.45, 7) is 9.31. The molecule has 1 rings (SSSR count). The summed E-state index contributed by atoms with van der Waals surface area (Å²) in [5.74, 6) is -0.993. The highest BCUT2D eigenvalue weighted by Gasteiger charge is 2.50. The number of cyclic esters (lactones) is 1. The largest absolute Gasteiger partial charge is 0.465 e. The molecule has 1 fully saturated rings. The van der Waals surface area contributed by atoms with Gasteiger partial charge in [0, 0.05) is 0 Å².